The van der Waals surface area contributed by atoms with Gasteiger partial charge in [-0.3, -0.25) is 0 Å². The fourth-order valence-electron chi connectivity index (χ4n) is 2.09. The third-order valence-electron chi connectivity index (χ3n) is 3.47. The molecular weight excluding hydrogens is 298 g/mol. The molecule has 2 N–H and O–H groups in total. The van der Waals surface area contributed by atoms with Gasteiger partial charge < -0.3 is 19.9 Å². The zero-order valence-electron chi connectivity index (χ0n) is 14.5. The molecule has 0 saturated carbocycles. The maximum absolute atomic E-state index is 11.9. The second kappa shape index (κ2) is 7.35. The molecule has 0 spiro atoms. The molecule has 0 aliphatic heterocycles. The van der Waals surface area contributed by atoms with Crippen molar-refractivity contribution in [2.24, 2.45) is 0 Å². The molecule has 0 heterocycles. The van der Waals surface area contributed by atoms with E-state index in [0.29, 0.717) is 0 Å². The van der Waals surface area contributed by atoms with Gasteiger partial charge in [0.15, 0.2) is 0 Å². The van der Waals surface area contributed by atoms with Crippen LogP contribution in [0.4, 0.5) is 4.79 Å². The Bertz CT molecular complexity index is 589. The summed E-state index contributed by atoms with van der Waals surface area (Å²) in [5.74, 6) is -0.359. The SMILES string of the molecule is COC(=O)[C@H](Cc1ccc(O)c(C)c1C)NC(=O)OC(C)(C)C. The van der Waals surface area contributed by atoms with Gasteiger partial charge in [0.1, 0.15) is 17.4 Å². The van der Waals surface area contributed by atoms with Crippen molar-refractivity contribution in [2.75, 3.05) is 7.11 Å². The van der Waals surface area contributed by atoms with E-state index in [2.05, 4.69) is 5.32 Å². The highest BCUT2D eigenvalue weighted by molar-refractivity contribution is 5.81. The fraction of sp³-hybridized carbons (Fsp3) is 0.529. The highest BCUT2D eigenvalue weighted by atomic mass is 16.6. The lowest BCUT2D eigenvalue weighted by Crippen LogP contribution is -2.45. The average Bonchev–Trinajstić information content (AvgIpc) is 2.44. The quantitative estimate of drug-likeness (QED) is 0.832. The minimum Gasteiger partial charge on any atom is -0.508 e. The third kappa shape index (κ3) is 5.47. The molecule has 1 rings (SSSR count). The summed E-state index contributed by atoms with van der Waals surface area (Å²) in [6.45, 7) is 8.88. The van der Waals surface area contributed by atoms with Gasteiger partial charge in [-0.25, -0.2) is 9.59 Å². The number of hydrogen-bond acceptors (Lipinski definition) is 5. The van der Waals surface area contributed by atoms with Crippen molar-refractivity contribution in [2.45, 2.75) is 52.7 Å². The van der Waals surface area contributed by atoms with Crippen LogP contribution < -0.4 is 5.32 Å². The van der Waals surface area contributed by atoms with Gasteiger partial charge in [0.25, 0.3) is 0 Å². The summed E-state index contributed by atoms with van der Waals surface area (Å²) < 4.78 is 9.93. The van der Waals surface area contributed by atoms with Crippen LogP contribution in [0.3, 0.4) is 0 Å². The zero-order valence-corrected chi connectivity index (χ0v) is 14.5. The van der Waals surface area contributed by atoms with Crippen molar-refractivity contribution < 1.29 is 24.2 Å². The molecule has 0 saturated heterocycles. The smallest absolute Gasteiger partial charge is 0.408 e. The summed E-state index contributed by atoms with van der Waals surface area (Å²) in [6.07, 6.45) is -0.431. The summed E-state index contributed by atoms with van der Waals surface area (Å²) in [5.41, 5.74) is 1.79. The lowest BCUT2D eigenvalue weighted by atomic mass is 9.97. The lowest BCUT2D eigenvalue weighted by molar-refractivity contribution is -0.143. The van der Waals surface area contributed by atoms with Gasteiger partial charge in [-0.15, -0.1) is 0 Å². The molecule has 1 atom stereocenters. The Labute approximate surface area is 136 Å². The Morgan fingerprint density at radius 3 is 2.35 bits per heavy atom. The number of carbonyl (C=O) groups excluding carboxylic acids is 2. The largest absolute Gasteiger partial charge is 0.508 e. The molecule has 6 nitrogen and oxygen atoms in total. The van der Waals surface area contributed by atoms with Crippen molar-refractivity contribution in [1.29, 1.82) is 0 Å². The minimum absolute atomic E-state index is 0.195. The lowest BCUT2D eigenvalue weighted by Gasteiger charge is -2.23. The van der Waals surface area contributed by atoms with Crippen LogP contribution in [0.2, 0.25) is 0 Å². The normalized spacial score (nSPS) is 12.4. The summed E-state index contributed by atoms with van der Waals surface area (Å²) >= 11 is 0. The van der Waals surface area contributed by atoms with Crippen LogP contribution in [-0.4, -0.2) is 35.9 Å². The minimum atomic E-state index is -0.863. The number of aromatic hydroxyl groups is 1. The van der Waals surface area contributed by atoms with E-state index < -0.39 is 23.7 Å². The number of benzene rings is 1. The number of alkyl carbamates (subject to hydrolysis) is 1. The number of ether oxygens (including phenoxy) is 2. The highest BCUT2D eigenvalue weighted by Crippen LogP contribution is 2.24. The molecule has 0 aliphatic carbocycles. The van der Waals surface area contributed by atoms with Crippen molar-refractivity contribution in [1.82, 2.24) is 5.32 Å². The summed E-state index contributed by atoms with van der Waals surface area (Å²) in [4.78, 5) is 23.8. The molecule has 0 unspecified atom stereocenters. The van der Waals surface area contributed by atoms with E-state index in [1.807, 2.05) is 6.92 Å². The van der Waals surface area contributed by atoms with Crippen LogP contribution in [0.15, 0.2) is 12.1 Å². The second-order valence-electron chi connectivity index (χ2n) is 6.42. The number of amides is 1. The van der Waals surface area contributed by atoms with Crippen LogP contribution in [0.1, 0.15) is 37.5 Å². The number of hydrogen-bond donors (Lipinski definition) is 2. The maximum Gasteiger partial charge on any atom is 0.408 e. The number of esters is 1. The van der Waals surface area contributed by atoms with Crippen LogP contribution in [-0.2, 0) is 20.7 Å². The van der Waals surface area contributed by atoms with Crippen LogP contribution in [0.5, 0.6) is 5.75 Å². The monoisotopic (exact) mass is 323 g/mol. The summed E-state index contributed by atoms with van der Waals surface area (Å²) in [6, 6.07) is 2.43. The number of methoxy groups -OCH3 is 1. The standard InChI is InChI=1S/C17H25NO5/c1-10-11(2)14(19)8-7-12(10)9-13(15(20)22-6)18-16(21)23-17(3,4)5/h7-8,13,19H,9H2,1-6H3,(H,18,21)/t13-/m0/s1. The first kappa shape index (κ1) is 18.8. The van der Waals surface area contributed by atoms with Crippen LogP contribution in [0.25, 0.3) is 0 Å². The Balaban J connectivity index is 2.94. The van der Waals surface area contributed by atoms with E-state index in [1.54, 1.807) is 39.8 Å². The zero-order chi connectivity index (χ0) is 17.8. The first-order valence-electron chi connectivity index (χ1n) is 7.40. The first-order valence-corrected chi connectivity index (χ1v) is 7.40. The Hall–Kier alpha value is -2.24. The van der Waals surface area contributed by atoms with E-state index in [1.165, 1.54) is 7.11 Å². The van der Waals surface area contributed by atoms with Gasteiger partial charge in [0.2, 0.25) is 0 Å². The van der Waals surface area contributed by atoms with Crippen molar-refractivity contribution in [3.05, 3.63) is 28.8 Å². The molecule has 1 aromatic carbocycles. The van der Waals surface area contributed by atoms with E-state index in [9.17, 15) is 14.7 Å². The highest BCUT2D eigenvalue weighted by Gasteiger charge is 2.26. The number of phenols is 1. The van der Waals surface area contributed by atoms with Gasteiger partial charge in [-0.05, 0) is 57.4 Å². The third-order valence-corrected chi connectivity index (χ3v) is 3.47. The van der Waals surface area contributed by atoms with Crippen molar-refractivity contribution in [3.63, 3.8) is 0 Å². The molecule has 6 heteroatoms. The summed E-state index contributed by atoms with van der Waals surface area (Å²) in [5, 5.41) is 12.2. The predicted molar refractivity (Wildman–Crippen MR) is 86.5 cm³/mol. The molecule has 1 aromatic rings. The molecular formula is C17H25NO5. The van der Waals surface area contributed by atoms with E-state index >= 15 is 0 Å². The molecule has 23 heavy (non-hydrogen) atoms. The van der Waals surface area contributed by atoms with Crippen molar-refractivity contribution >= 4 is 12.1 Å². The van der Waals surface area contributed by atoms with Crippen LogP contribution in [0, 0.1) is 13.8 Å². The van der Waals surface area contributed by atoms with Gasteiger partial charge in [-0.2, -0.15) is 0 Å². The topological polar surface area (TPSA) is 84.9 Å². The van der Waals surface area contributed by atoms with Gasteiger partial charge in [-0.1, -0.05) is 6.07 Å². The molecule has 0 aliphatic rings. The fourth-order valence-corrected chi connectivity index (χ4v) is 2.09. The Kier molecular flexibility index (Phi) is 6.01. The first-order chi connectivity index (χ1) is 10.5. The summed E-state index contributed by atoms with van der Waals surface area (Å²) in [7, 11) is 1.26. The van der Waals surface area contributed by atoms with Gasteiger partial charge in [0.05, 0.1) is 7.11 Å². The molecule has 0 fully saturated rings. The number of phenolic OH excluding ortho intramolecular Hbond substituents is 1. The second-order valence-corrected chi connectivity index (χ2v) is 6.42. The number of carbonyl (C=O) groups is 2. The van der Waals surface area contributed by atoms with E-state index in [0.717, 1.165) is 16.7 Å². The Morgan fingerprint density at radius 1 is 1.22 bits per heavy atom. The maximum atomic E-state index is 11.9. The van der Waals surface area contributed by atoms with Crippen LogP contribution >= 0.6 is 0 Å². The molecule has 1 amide bonds. The number of rotatable bonds is 4. The van der Waals surface area contributed by atoms with Crippen molar-refractivity contribution in [3.8, 4) is 5.75 Å². The predicted octanol–water partition coefficient (Wildman–Crippen LogP) is 2.62. The van der Waals surface area contributed by atoms with Gasteiger partial charge in [0, 0.05) is 6.42 Å². The Morgan fingerprint density at radius 2 is 1.83 bits per heavy atom. The van der Waals surface area contributed by atoms with Gasteiger partial charge >= 0.3 is 12.1 Å². The molecule has 0 aromatic heterocycles. The van der Waals surface area contributed by atoms with E-state index in [4.69, 9.17) is 9.47 Å². The molecule has 0 bridgehead atoms. The number of nitrogens with one attached hydrogen (secondary N) is 1. The molecule has 0 radical (unpaired) electrons. The van der Waals surface area contributed by atoms with E-state index in [-0.39, 0.29) is 12.2 Å². The molecule has 128 valence electrons. The average molecular weight is 323 g/mol.